The smallest absolute Gasteiger partial charge is 0.262 e. The SMILES string of the molecule is NC(Cc1cscn1)C(=O)NCCCCCCCNC(=O)c1ccc(NC(=O)c2ccc(CN(C(=O)c3ccc4c(c3)OCC(=O)N4)C3CC3)cc2)cc1. The second-order valence-electron chi connectivity index (χ2n) is 13.5. The molecular formula is C40H45N7O6S. The number of fused-ring (bicyclic) bond motifs is 1. The van der Waals surface area contributed by atoms with Gasteiger partial charge in [0, 0.05) is 59.9 Å². The number of carbonyl (C=O) groups excluding carboxylic acids is 5. The zero-order valence-electron chi connectivity index (χ0n) is 30.0. The molecule has 0 spiro atoms. The Morgan fingerprint density at radius 2 is 1.54 bits per heavy atom. The van der Waals surface area contributed by atoms with Gasteiger partial charge >= 0.3 is 0 Å². The summed E-state index contributed by atoms with van der Waals surface area (Å²) in [5.74, 6) is -0.482. The van der Waals surface area contributed by atoms with E-state index in [1.54, 1.807) is 60.1 Å². The fourth-order valence-electron chi connectivity index (χ4n) is 6.08. The van der Waals surface area contributed by atoms with Crippen LogP contribution in [0.4, 0.5) is 11.4 Å². The zero-order chi connectivity index (χ0) is 37.9. The number of anilines is 2. The molecule has 1 fully saturated rings. The van der Waals surface area contributed by atoms with Gasteiger partial charge in [-0.05, 0) is 85.8 Å². The molecule has 282 valence electrons. The van der Waals surface area contributed by atoms with Gasteiger partial charge in [-0.2, -0.15) is 0 Å². The summed E-state index contributed by atoms with van der Waals surface area (Å²) in [5, 5.41) is 13.4. The van der Waals surface area contributed by atoms with E-state index in [1.807, 2.05) is 22.4 Å². The van der Waals surface area contributed by atoms with Crippen LogP contribution in [0.3, 0.4) is 0 Å². The van der Waals surface area contributed by atoms with E-state index in [9.17, 15) is 24.0 Å². The average molecular weight is 752 g/mol. The summed E-state index contributed by atoms with van der Waals surface area (Å²) in [7, 11) is 0. The summed E-state index contributed by atoms with van der Waals surface area (Å²) in [6.07, 6.45) is 6.97. The first kappa shape index (κ1) is 38.1. The van der Waals surface area contributed by atoms with Crippen molar-refractivity contribution in [2.24, 2.45) is 5.73 Å². The van der Waals surface area contributed by atoms with Crippen LogP contribution in [0, 0.1) is 0 Å². The molecule has 0 bridgehead atoms. The highest BCUT2D eigenvalue weighted by molar-refractivity contribution is 7.07. The standard InChI is InChI=1S/C40H45N7O6S/c41-33(21-31-24-54-25-44-31)39(51)43-19-5-3-1-2-4-18-42-37(49)27-10-13-30(14-11-27)45-38(50)28-8-6-26(7-9-28)22-47(32-15-16-32)40(52)29-12-17-34-35(20-29)53-23-36(48)46-34/h6-14,17,20,24-25,32-33H,1-5,15-16,18-19,21-23,41H2,(H,42,49)(H,43,51)(H,45,50)(H,46,48). The third-order valence-electron chi connectivity index (χ3n) is 9.27. The first-order chi connectivity index (χ1) is 26.2. The molecule has 1 unspecified atom stereocenters. The molecule has 0 radical (unpaired) electrons. The first-order valence-electron chi connectivity index (χ1n) is 18.3. The molecule has 1 atom stereocenters. The van der Waals surface area contributed by atoms with Crippen molar-refractivity contribution in [1.29, 1.82) is 0 Å². The van der Waals surface area contributed by atoms with Crippen molar-refractivity contribution in [1.82, 2.24) is 20.5 Å². The summed E-state index contributed by atoms with van der Waals surface area (Å²) in [6, 6.07) is 18.5. The molecular weight excluding hydrogens is 707 g/mol. The van der Waals surface area contributed by atoms with Crippen LogP contribution in [-0.4, -0.2) is 71.2 Å². The monoisotopic (exact) mass is 751 g/mol. The predicted molar refractivity (Wildman–Crippen MR) is 207 cm³/mol. The van der Waals surface area contributed by atoms with Gasteiger partial charge in [-0.25, -0.2) is 4.98 Å². The number of nitrogens with zero attached hydrogens (tertiary/aromatic N) is 2. The minimum absolute atomic E-state index is 0.0828. The van der Waals surface area contributed by atoms with Gasteiger partial charge in [0.05, 0.1) is 22.9 Å². The third kappa shape index (κ3) is 10.7. The fraction of sp³-hybridized carbons (Fsp3) is 0.350. The number of aromatic nitrogens is 1. The van der Waals surface area contributed by atoms with Crippen molar-refractivity contribution in [3.63, 3.8) is 0 Å². The van der Waals surface area contributed by atoms with E-state index in [0.717, 1.165) is 56.2 Å². The van der Waals surface area contributed by atoms with E-state index < -0.39 is 6.04 Å². The van der Waals surface area contributed by atoms with Crippen LogP contribution in [0.15, 0.2) is 77.6 Å². The van der Waals surface area contributed by atoms with Crippen LogP contribution >= 0.6 is 11.3 Å². The molecule has 1 aromatic heterocycles. The number of unbranched alkanes of at least 4 members (excludes halogenated alkanes) is 4. The highest BCUT2D eigenvalue weighted by Gasteiger charge is 2.33. The predicted octanol–water partition coefficient (Wildman–Crippen LogP) is 4.90. The summed E-state index contributed by atoms with van der Waals surface area (Å²) < 4.78 is 5.50. The molecule has 4 aromatic rings. The van der Waals surface area contributed by atoms with Gasteiger partial charge in [0.15, 0.2) is 6.61 Å². The molecule has 1 aliphatic carbocycles. The number of nitrogens with two attached hydrogens (primary N) is 1. The largest absolute Gasteiger partial charge is 0.482 e. The van der Waals surface area contributed by atoms with Crippen molar-refractivity contribution in [2.75, 3.05) is 30.3 Å². The summed E-state index contributed by atoms with van der Waals surface area (Å²) in [4.78, 5) is 68.9. The van der Waals surface area contributed by atoms with Gasteiger partial charge in [-0.15, -0.1) is 11.3 Å². The number of amides is 5. The number of carbonyl (C=O) groups is 5. The lowest BCUT2D eigenvalue weighted by atomic mass is 10.1. The Kier molecular flexibility index (Phi) is 13.0. The highest BCUT2D eigenvalue weighted by atomic mass is 32.1. The summed E-state index contributed by atoms with van der Waals surface area (Å²) in [6.45, 7) is 1.47. The maximum Gasteiger partial charge on any atom is 0.262 e. The van der Waals surface area contributed by atoms with E-state index >= 15 is 0 Å². The lowest BCUT2D eigenvalue weighted by Gasteiger charge is -2.24. The van der Waals surface area contributed by atoms with Crippen LogP contribution in [0.25, 0.3) is 0 Å². The number of hydrogen-bond acceptors (Lipinski definition) is 9. The number of benzene rings is 3. The Hall–Kier alpha value is -5.60. The molecule has 2 heterocycles. The van der Waals surface area contributed by atoms with Gasteiger partial charge in [-0.3, -0.25) is 24.0 Å². The Morgan fingerprint density at radius 3 is 2.24 bits per heavy atom. The third-order valence-corrected chi connectivity index (χ3v) is 9.91. The lowest BCUT2D eigenvalue weighted by Crippen LogP contribution is -2.42. The quantitative estimate of drug-likeness (QED) is 0.0890. The Morgan fingerprint density at radius 1 is 0.870 bits per heavy atom. The van der Waals surface area contributed by atoms with Crippen molar-refractivity contribution >= 4 is 52.2 Å². The van der Waals surface area contributed by atoms with Crippen LogP contribution in [0.2, 0.25) is 0 Å². The molecule has 5 amide bonds. The van der Waals surface area contributed by atoms with Gasteiger partial charge < -0.3 is 36.6 Å². The molecule has 3 aromatic carbocycles. The normalized spacial score (nSPS) is 13.8. The van der Waals surface area contributed by atoms with Crippen molar-refractivity contribution in [3.05, 3.63) is 106 Å². The minimum atomic E-state index is -0.594. The van der Waals surface area contributed by atoms with E-state index in [2.05, 4.69) is 26.3 Å². The van der Waals surface area contributed by atoms with Gasteiger partial charge in [-0.1, -0.05) is 31.4 Å². The van der Waals surface area contributed by atoms with E-state index in [1.165, 1.54) is 11.3 Å². The molecule has 54 heavy (non-hydrogen) atoms. The summed E-state index contributed by atoms with van der Waals surface area (Å²) >= 11 is 1.48. The van der Waals surface area contributed by atoms with Crippen LogP contribution in [-0.2, 0) is 22.6 Å². The van der Waals surface area contributed by atoms with E-state index in [0.29, 0.717) is 59.9 Å². The number of nitrogens with one attached hydrogen (secondary N) is 4. The van der Waals surface area contributed by atoms with Crippen molar-refractivity contribution in [3.8, 4) is 5.75 Å². The second-order valence-corrected chi connectivity index (χ2v) is 14.3. The molecule has 6 rings (SSSR count). The Bertz CT molecular complexity index is 1930. The van der Waals surface area contributed by atoms with Gasteiger partial charge in [0.1, 0.15) is 5.75 Å². The molecule has 0 saturated heterocycles. The molecule has 14 heteroatoms. The Labute approximate surface area is 318 Å². The van der Waals surface area contributed by atoms with Crippen molar-refractivity contribution < 1.29 is 28.7 Å². The molecule has 6 N–H and O–H groups in total. The average Bonchev–Trinajstić information content (AvgIpc) is 3.90. The number of rotatable bonds is 18. The number of hydrogen-bond donors (Lipinski definition) is 5. The van der Waals surface area contributed by atoms with E-state index in [4.69, 9.17) is 10.5 Å². The van der Waals surface area contributed by atoms with Gasteiger partial charge in [0.2, 0.25) is 5.91 Å². The number of ether oxygens (including phenoxy) is 1. The van der Waals surface area contributed by atoms with Crippen LogP contribution < -0.4 is 31.7 Å². The maximum atomic E-state index is 13.5. The van der Waals surface area contributed by atoms with Crippen LogP contribution in [0.1, 0.15) is 87.3 Å². The van der Waals surface area contributed by atoms with E-state index in [-0.39, 0.29) is 42.2 Å². The first-order valence-corrected chi connectivity index (χ1v) is 19.2. The lowest BCUT2D eigenvalue weighted by molar-refractivity contribution is -0.122. The number of thiazole rings is 1. The molecule has 1 aliphatic heterocycles. The molecule has 13 nitrogen and oxygen atoms in total. The molecule has 2 aliphatic rings. The topological polar surface area (TPSA) is 185 Å². The maximum absolute atomic E-state index is 13.5. The zero-order valence-corrected chi connectivity index (χ0v) is 30.8. The van der Waals surface area contributed by atoms with Crippen LogP contribution in [0.5, 0.6) is 5.75 Å². The fourth-order valence-corrected chi connectivity index (χ4v) is 6.65. The summed E-state index contributed by atoms with van der Waals surface area (Å²) in [5.41, 5.74) is 12.0. The Balaban J connectivity index is 0.873. The van der Waals surface area contributed by atoms with Crippen molar-refractivity contribution in [2.45, 2.75) is 70.0 Å². The molecule has 1 saturated carbocycles. The van der Waals surface area contributed by atoms with Gasteiger partial charge in [0.25, 0.3) is 23.6 Å². The minimum Gasteiger partial charge on any atom is -0.482 e. The second kappa shape index (κ2) is 18.4. The highest BCUT2D eigenvalue weighted by Crippen LogP contribution is 2.33.